The van der Waals surface area contributed by atoms with Crippen molar-refractivity contribution in [3.63, 3.8) is 0 Å². The summed E-state index contributed by atoms with van der Waals surface area (Å²) in [5.74, 6) is 0.343. The van der Waals surface area contributed by atoms with Gasteiger partial charge < -0.3 is 19.4 Å². The van der Waals surface area contributed by atoms with Gasteiger partial charge in [-0.15, -0.1) is 0 Å². The first-order valence-corrected chi connectivity index (χ1v) is 15.4. The Bertz CT molecular complexity index is 1280. The maximum absolute atomic E-state index is 13.3. The van der Waals surface area contributed by atoms with Crippen LogP contribution in [-0.2, 0) is 19.6 Å². The third-order valence-electron chi connectivity index (χ3n) is 8.09. The summed E-state index contributed by atoms with van der Waals surface area (Å²) in [4.78, 5) is 32.5. The number of sulfonamides is 1. The highest BCUT2D eigenvalue weighted by atomic mass is 32.2. The smallest absolute Gasteiger partial charge is 0.242 e. The van der Waals surface area contributed by atoms with Gasteiger partial charge in [0.05, 0.1) is 18.6 Å². The molecule has 3 heterocycles. The molecule has 9 nitrogen and oxygen atoms in total. The predicted octanol–water partition coefficient (Wildman–Crippen LogP) is 2.72. The van der Waals surface area contributed by atoms with E-state index in [1.165, 1.54) is 23.8 Å². The molecule has 39 heavy (non-hydrogen) atoms. The maximum atomic E-state index is 13.3. The van der Waals surface area contributed by atoms with Crippen LogP contribution in [0.1, 0.15) is 38.5 Å². The summed E-state index contributed by atoms with van der Waals surface area (Å²) in [5, 5.41) is 0. The lowest BCUT2D eigenvalue weighted by atomic mass is 10.1. The normalized spacial score (nSPS) is 22.4. The number of hydrogen-bond acceptors (Lipinski definition) is 6. The summed E-state index contributed by atoms with van der Waals surface area (Å²) in [6, 6.07) is 13.4. The Morgan fingerprint density at radius 1 is 0.949 bits per heavy atom. The molecule has 3 aliphatic rings. The van der Waals surface area contributed by atoms with Crippen LogP contribution in [-0.4, -0.2) is 93.4 Å². The standard InChI is InChI=1S/C29H38N4O5S/c1-38-25-13-11-22(12-14-25)23-7-4-9-26(19-23)39(36,37)30-27-10-6-17-32(29(27)35)21-28(34)33-18-5-8-24(33)20-31-15-2-3-16-31/h4,7,9,11-14,19,24,27,30H,2-3,5-6,8,10,15-18,20-21H2,1H3. The van der Waals surface area contributed by atoms with Crippen LogP contribution < -0.4 is 9.46 Å². The van der Waals surface area contributed by atoms with Crippen LogP contribution in [0.4, 0.5) is 0 Å². The highest BCUT2D eigenvalue weighted by Gasteiger charge is 2.36. The lowest BCUT2D eigenvalue weighted by molar-refractivity contribution is -0.143. The zero-order valence-electron chi connectivity index (χ0n) is 22.5. The van der Waals surface area contributed by atoms with Crippen molar-refractivity contribution in [3.8, 4) is 16.9 Å². The molecule has 5 rings (SSSR count). The molecule has 3 fully saturated rings. The van der Waals surface area contributed by atoms with Crippen LogP contribution in [0, 0.1) is 0 Å². The molecule has 2 aromatic rings. The molecule has 0 aliphatic carbocycles. The lowest BCUT2D eigenvalue weighted by Gasteiger charge is -2.34. The minimum atomic E-state index is -3.95. The molecule has 0 bridgehead atoms. The molecule has 3 aliphatic heterocycles. The Morgan fingerprint density at radius 3 is 2.44 bits per heavy atom. The lowest BCUT2D eigenvalue weighted by Crippen LogP contribution is -2.55. The quantitative estimate of drug-likeness (QED) is 0.512. The van der Waals surface area contributed by atoms with Crippen molar-refractivity contribution < 1.29 is 22.7 Å². The van der Waals surface area contributed by atoms with Gasteiger partial charge in [0.15, 0.2) is 0 Å². The Kier molecular flexibility index (Phi) is 8.54. The molecule has 210 valence electrons. The summed E-state index contributed by atoms with van der Waals surface area (Å²) in [7, 11) is -2.36. The summed E-state index contributed by atoms with van der Waals surface area (Å²) in [6.45, 7) is 4.26. The van der Waals surface area contributed by atoms with E-state index in [-0.39, 0.29) is 29.3 Å². The van der Waals surface area contributed by atoms with Crippen LogP contribution >= 0.6 is 0 Å². The molecule has 0 spiro atoms. The third-order valence-corrected chi connectivity index (χ3v) is 9.56. The Hall–Kier alpha value is -2.95. The topological polar surface area (TPSA) is 99.3 Å². The van der Waals surface area contributed by atoms with Gasteiger partial charge >= 0.3 is 0 Å². The number of nitrogens with zero attached hydrogens (tertiary/aromatic N) is 3. The molecule has 2 unspecified atom stereocenters. The highest BCUT2D eigenvalue weighted by molar-refractivity contribution is 7.89. The van der Waals surface area contributed by atoms with Crippen LogP contribution in [0.3, 0.4) is 0 Å². The number of rotatable bonds is 9. The van der Waals surface area contributed by atoms with E-state index < -0.39 is 16.1 Å². The number of methoxy groups -OCH3 is 1. The van der Waals surface area contributed by atoms with Gasteiger partial charge in [0.1, 0.15) is 11.8 Å². The summed E-state index contributed by atoms with van der Waals surface area (Å²) in [5.41, 5.74) is 1.60. The number of nitrogens with one attached hydrogen (secondary N) is 1. The molecule has 10 heteroatoms. The van der Waals surface area contributed by atoms with Gasteiger partial charge in [-0.05, 0) is 87.0 Å². The minimum absolute atomic E-state index is 0.000512. The summed E-state index contributed by atoms with van der Waals surface area (Å²) in [6.07, 6.45) is 5.44. The van der Waals surface area contributed by atoms with Crippen LogP contribution in [0.15, 0.2) is 53.4 Å². The van der Waals surface area contributed by atoms with E-state index in [9.17, 15) is 18.0 Å². The molecule has 0 radical (unpaired) electrons. The van der Waals surface area contributed by atoms with Crippen molar-refractivity contribution in [1.29, 1.82) is 0 Å². The number of carbonyl (C=O) groups is 2. The summed E-state index contributed by atoms with van der Waals surface area (Å²) >= 11 is 0. The molecule has 1 N–H and O–H groups in total. The van der Waals surface area contributed by atoms with Crippen molar-refractivity contribution in [2.24, 2.45) is 0 Å². The zero-order chi connectivity index (χ0) is 27.4. The minimum Gasteiger partial charge on any atom is -0.497 e. The summed E-state index contributed by atoms with van der Waals surface area (Å²) < 4.78 is 34.4. The molecule has 2 atom stereocenters. The number of carbonyl (C=O) groups excluding carboxylic acids is 2. The zero-order valence-corrected chi connectivity index (χ0v) is 23.4. The van der Waals surface area contributed by atoms with Crippen molar-refractivity contribution in [3.05, 3.63) is 48.5 Å². The van der Waals surface area contributed by atoms with E-state index in [2.05, 4.69) is 9.62 Å². The molecular formula is C29H38N4O5S. The van der Waals surface area contributed by atoms with Crippen LogP contribution in [0.5, 0.6) is 5.75 Å². The van der Waals surface area contributed by atoms with Gasteiger partial charge in [-0.3, -0.25) is 9.59 Å². The average molecular weight is 555 g/mol. The molecule has 2 amide bonds. The molecule has 3 saturated heterocycles. The third kappa shape index (κ3) is 6.45. The second kappa shape index (κ2) is 12.1. The van der Waals surface area contributed by atoms with E-state index in [0.29, 0.717) is 19.4 Å². The molecule has 0 aromatic heterocycles. The van der Waals surface area contributed by atoms with E-state index in [4.69, 9.17) is 4.74 Å². The number of likely N-dealkylation sites (tertiary alicyclic amines) is 3. The monoisotopic (exact) mass is 554 g/mol. The second-order valence-corrected chi connectivity index (χ2v) is 12.4. The van der Waals surface area contributed by atoms with Crippen molar-refractivity contribution in [2.75, 3.05) is 46.4 Å². The highest BCUT2D eigenvalue weighted by Crippen LogP contribution is 2.26. The number of piperidine rings is 1. The number of amides is 2. The molecular weight excluding hydrogens is 516 g/mol. The fraction of sp³-hybridized carbons (Fsp3) is 0.517. The van der Waals surface area contributed by atoms with Crippen molar-refractivity contribution in [2.45, 2.75) is 55.5 Å². The SMILES string of the molecule is COc1ccc(-c2cccc(S(=O)(=O)NC3CCCN(CC(=O)N4CCCC4CN4CCCC4)C3=O)c2)cc1. The van der Waals surface area contributed by atoms with Gasteiger partial charge in [-0.2, -0.15) is 4.72 Å². The molecule has 0 saturated carbocycles. The van der Waals surface area contributed by atoms with Gasteiger partial charge in [-0.1, -0.05) is 24.3 Å². The average Bonchev–Trinajstić information content (AvgIpc) is 3.64. The fourth-order valence-electron chi connectivity index (χ4n) is 5.96. The van der Waals surface area contributed by atoms with E-state index in [1.54, 1.807) is 19.2 Å². The fourth-order valence-corrected chi connectivity index (χ4v) is 7.23. The number of ether oxygens (including phenoxy) is 1. The maximum Gasteiger partial charge on any atom is 0.242 e. The van der Waals surface area contributed by atoms with Gasteiger partial charge in [0, 0.05) is 25.7 Å². The molecule has 2 aromatic carbocycles. The van der Waals surface area contributed by atoms with Gasteiger partial charge in [-0.25, -0.2) is 8.42 Å². The number of hydrogen-bond donors (Lipinski definition) is 1. The van der Waals surface area contributed by atoms with Gasteiger partial charge in [0.2, 0.25) is 21.8 Å². The predicted molar refractivity (Wildman–Crippen MR) is 149 cm³/mol. The first-order chi connectivity index (χ1) is 18.8. The van der Waals surface area contributed by atoms with Crippen molar-refractivity contribution in [1.82, 2.24) is 19.4 Å². The van der Waals surface area contributed by atoms with Crippen molar-refractivity contribution >= 4 is 21.8 Å². The van der Waals surface area contributed by atoms with Gasteiger partial charge in [0.25, 0.3) is 0 Å². The van der Waals surface area contributed by atoms with Crippen LogP contribution in [0.25, 0.3) is 11.1 Å². The van der Waals surface area contributed by atoms with E-state index in [1.807, 2.05) is 35.2 Å². The number of benzene rings is 2. The van der Waals surface area contributed by atoms with E-state index in [0.717, 1.165) is 55.9 Å². The Labute approximate surface area is 231 Å². The second-order valence-electron chi connectivity index (χ2n) is 10.7. The first kappa shape index (κ1) is 27.6. The van der Waals surface area contributed by atoms with E-state index >= 15 is 0 Å². The van der Waals surface area contributed by atoms with Crippen LogP contribution in [0.2, 0.25) is 0 Å². The Morgan fingerprint density at radius 2 is 1.69 bits per heavy atom. The first-order valence-electron chi connectivity index (χ1n) is 13.9. The largest absolute Gasteiger partial charge is 0.497 e. The Balaban J connectivity index is 1.22.